The monoisotopic (exact) mass is 457 g/mol. The number of para-hydroxylation sites is 1. The molecule has 0 spiro atoms. The third-order valence-electron chi connectivity index (χ3n) is 3.88. The van der Waals surface area contributed by atoms with Gasteiger partial charge in [-0.1, -0.05) is 41.9 Å². The minimum atomic E-state index is -0.651. The summed E-state index contributed by atoms with van der Waals surface area (Å²) in [6.45, 7) is 1.05. The van der Waals surface area contributed by atoms with E-state index in [1.165, 1.54) is 7.11 Å². The predicted molar refractivity (Wildman–Crippen MR) is 112 cm³/mol. The van der Waals surface area contributed by atoms with Crippen LogP contribution in [0.5, 0.6) is 5.75 Å². The van der Waals surface area contributed by atoms with Crippen LogP contribution >= 0.6 is 28.6 Å². The number of benzene rings is 2. The van der Waals surface area contributed by atoms with Gasteiger partial charge in [-0.15, -0.1) is 17.0 Å². The van der Waals surface area contributed by atoms with Crippen LogP contribution in [0, 0.1) is 0 Å². The third-order valence-corrected chi connectivity index (χ3v) is 4.11. The van der Waals surface area contributed by atoms with Gasteiger partial charge in [0, 0.05) is 11.6 Å². The van der Waals surface area contributed by atoms with E-state index in [0.717, 1.165) is 5.56 Å². The molecule has 0 aliphatic rings. The third kappa shape index (κ3) is 8.30. The summed E-state index contributed by atoms with van der Waals surface area (Å²) in [5.74, 6) is 0.236. The molecule has 0 aliphatic carbocycles. The zero-order valence-electron chi connectivity index (χ0n) is 15.1. The SMILES string of the molecule is Br.COC(=O)C(CCCNCC(O)c1cccc(Cl)c1)Oc1ccccc1. The van der Waals surface area contributed by atoms with Crippen molar-refractivity contribution >= 4 is 34.6 Å². The van der Waals surface area contributed by atoms with Gasteiger partial charge < -0.3 is 19.9 Å². The highest BCUT2D eigenvalue weighted by atomic mass is 79.9. The molecule has 2 N–H and O–H groups in total. The Morgan fingerprint density at radius 2 is 1.93 bits per heavy atom. The Bertz CT molecular complexity index is 687. The first-order chi connectivity index (χ1) is 12.6. The van der Waals surface area contributed by atoms with Gasteiger partial charge in [-0.05, 0) is 49.2 Å². The van der Waals surface area contributed by atoms with Gasteiger partial charge in [0.25, 0.3) is 0 Å². The lowest BCUT2D eigenvalue weighted by molar-refractivity contribution is -0.149. The molecule has 0 heterocycles. The summed E-state index contributed by atoms with van der Waals surface area (Å²) in [6.07, 6.45) is -0.0656. The highest BCUT2D eigenvalue weighted by Gasteiger charge is 2.20. The van der Waals surface area contributed by atoms with Gasteiger partial charge in [-0.3, -0.25) is 0 Å². The number of ether oxygens (including phenoxy) is 2. The molecule has 27 heavy (non-hydrogen) atoms. The van der Waals surface area contributed by atoms with Gasteiger partial charge in [-0.25, -0.2) is 4.79 Å². The number of methoxy groups -OCH3 is 1. The molecular formula is C20H25BrClNO4. The summed E-state index contributed by atoms with van der Waals surface area (Å²) >= 11 is 5.93. The van der Waals surface area contributed by atoms with E-state index in [1.54, 1.807) is 24.3 Å². The summed E-state index contributed by atoms with van der Waals surface area (Å²) < 4.78 is 10.5. The molecule has 0 fully saturated rings. The average molecular weight is 459 g/mol. The minimum Gasteiger partial charge on any atom is -0.479 e. The van der Waals surface area contributed by atoms with Crippen molar-refractivity contribution in [2.24, 2.45) is 0 Å². The summed E-state index contributed by atoms with van der Waals surface area (Å²) in [5, 5.41) is 13.9. The van der Waals surface area contributed by atoms with E-state index < -0.39 is 18.2 Å². The van der Waals surface area contributed by atoms with Gasteiger partial charge in [-0.2, -0.15) is 0 Å². The minimum absolute atomic E-state index is 0. The lowest BCUT2D eigenvalue weighted by Gasteiger charge is -2.17. The highest BCUT2D eigenvalue weighted by molar-refractivity contribution is 8.93. The fourth-order valence-electron chi connectivity index (χ4n) is 2.50. The molecule has 0 amide bonds. The van der Waals surface area contributed by atoms with Crippen LogP contribution in [0.2, 0.25) is 5.02 Å². The molecule has 2 aromatic carbocycles. The van der Waals surface area contributed by atoms with Crippen LogP contribution in [-0.2, 0) is 9.53 Å². The van der Waals surface area contributed by atoms with E-state index >= 15 is 0 Å². The van der Waals surface area contributed by atoms with Crippen LogP contribution in [0.4, 0.5) is 0 Å². The first kappa shape index (κ1) is 23.4. The van der Waals surface area contributed by atoms with Crippen molar-refractivity contribution < 1.29 is 19.4 Å². The summed E-state index contributed by atoms with van der Waals surface area (Å²) in [4.78, 5) is 11.9. The van der Waals surface area contributed by atoms with Crippen LogP contribution in [0.1, 0.15) is 24.5 Å². The number of aliphatic hydroxyl groups is 1. The molecule has 0 aliphatic heterocycles. The van der Waals surface area contributed by atoms with Crippen molar-refractivity contribution in [2.45, 2.75) is 25.0 Å². The second kappa shape index (κ2) is 12.7. The Kier molecular flexibility index (Phi) is 11.0. The topological polar surface area (TPSA) is 67.8 Å². The molecule has 0 aromatic heterocycles. The molecule has 0 bridgehead atoms. The number of nitrogens with one attached hydrogen (secondary N) is 1. The fraction of sp³-hybridized carbons (Fsp3) is 0.350. The van der Waals surface area contributed by atoms with Crippen molar-refractivity contribution in [1.82, 2.24) is 5.32 Å². The maximum absolute atomic E-state index is 11.9. The van der Waals surface area contributed by atoms with Crippen LogP contribution in [0.3, 0.4) is 0 Å². The van der Waals surface area contributed by atoms with E-state index in [-0.39, 0.29) is 17.0 Å². The summed E-state index contributed by atoms with van der Waals surface area (Å²) in [5.41, 5.74) is 0.768. The van der Waals surface area contributed by atoms with Gasteiger partial charge in [0.05, 0.1) is 13.2 Å². The van der Waals surface area contributed by atoms with Crippen molar-refractivity contribution in [1.29, 1.82) is 0 Å². The van der Waals surface area contributed by atoms with Crippen LogP contribution < -0.4 is 10.1 Å². The lowest BCUT2D eigenvalue weighted by Crippen LogP contribution is -2.30. The molecule has 0 saturated carbocycles. The molecule has 0 saturated heterocycles. The van der Waals surface area contributed by atoms with E-state index in [1.807, 2.05) is 30.3 Å². The van der Waals surface area contributed by atoms with Crippen molar-refractivity contribution in [3.8, 4) is 5.75 Å². The smallest absolute Gasteiger partial charge is 0.347 e. The molecule has 2 unspecified atom stereocenters. The van der Waals surface area contributed by atoms with E-state index in [4.69, 9.17) is 21.1 Å². The Morgan fingerprint density at radius 3 is 2.59 bits per heavy atom. The number of hydrogen-bond acceptors (Lipinski definition) is 5. The zero-order chi connectivity index (χ0) is 18.8. The molecule has 7 heteroatoms. The molecule has 0 radical (unpaired) electrons. The molecule has 148 valence electrons. The largest absolute Gasteiger partial charge is 0.479 e. The number of carbonyl (C=O) groups excluding carboxylic acids is 1. The van der Waals surface area contributed by atoms with E-state index in [9.17, 15) is 9.90 Å². The van der Waals surface area contributed by atoms with Crippen LogP contribution in [0.25, 0.3) is 0 Å². The molecule has 5 nitrogen and oxygen atoms in total. The summed E-state index contributed by atoms with van der Waals surface area (Å²) in [7, 11) is 1.35. The maximum atomic E-state index is 11.9. The molecular weight excluding hydrogens is 434 g/mol. The molecule has 2 atom stereocenters. The van der Waals surface area contributed by atoms with Gasteiger partial charge in [0.1, 0.15) is 5.75 Å². The van der Waals surface area contributed by atoms with Crippen molar-refractivity contribution in [3.63, 3.8) is 0 Å². The molecule has 2 aromatic rings. The molecule has 2 rings (SSSR count). The van der Waals surface area contributed by atoms with E-state index in [2.05, 4.69) is 5.32 Å². The van der Waals surface area contributed by atoms with E-state index in [0.29, 0.717) is 36.7 Å². The Hall–Kier alpha value is -1.60. The second-order valence-electron chi connectivity index (χ2n) is 5.86. The zero-order valence-corrected chi connectivity index (χ0v) is 17.6. The normalized spacial score (nSPS) is 12.6. The first-order valence-corrected chi connectivity index (χ1v) is 8.91. The number of esters is 1. The summed E-state index contributed by atoms with van der Waals surface area (Å²) in [6, 6.07) is 16.3. The Balaban J connectivity index is 0.00000364. The fourth-order valence-corrected chi connectivity index (χ4v) is 2.70. The average Bonchev–Trinajstić information content (AvgIpc) is 2.66. The second-order valence-corrected chi connectivity index (χ2v) is 6.30. The number of rotatable bonds is 10. The lowest BCUT2D eigenvalue weighted by atomic mass is 10.1. The van der Waals surface area contributed by atoms with Gasteiger partial charge in [0.15, 0.2) is 6.10 Å². The number of carbonyl (C=O) groups is 1. The number of halogens is 2. The van der Waals surface area contributed by atoms with Crippen molar-refractivity contribution in [2.75, 3.05) is 20.2 Å². The van der Waals surface area contributed by atoms with Crippen LogP contribution in [-0.4, -0.2) is 37.4 Å². The highest BCUT2D eigenvalue weighted by Crippen LogP contribution is 2.17. The quantitative estimate of drug-likeness (QED) is 0.417. The number of hydrogen-bond donors (Lipinski definition) is 2. The Morgan fingerprint density at radius 1 is 1.19 bits per heavy atom. The predicted octanol–water partition coefficient (Wildman–Crippen LogP) is 3.94. The first-order valence-electron chi connectivity index (χ1n) is 8.54. The number of aliphatic hydroxyl groups excluding tert-OH is 1. The van der Waals surface area contributed by atoms with Gasteiger partial charge in [0.2, 0.25) is 0 Å². The van der Waals surface area contributed by atoms with Gasteiger partial charge >= 0.3 is 5.97 Å². The standard InChI is InChI=1S/C20H24ClNO4.BrH/c1-25-20(24)19(26-17-9-3-2-4-10-17)11-6-12-22-14-18(23)15-7-5-8-16(21)13-15;/h2-5,7-10,13,18-19,22-23H,6,11-12,14H2,1H3;1H. The van der Waals surface area contributed by atoms with Crippen molar-refractivity contribution in [3.05, 3.63) is 65.2 Å². The maximum Gasteiger partial charge on any atom is 0.347 e. The van der Waals surface area contributed by atoms with Crippen LogP contribution in [0.15, 0.2) is 54.6 Å². The Labute approximate surface area is 175 Å².